The first kappa shape index (κ1) is 32.8. The molecule has 4 aromatic carbocycles. The Labute approximate surface area is 293 Å². The van der Waals surface area contributed by atoms with Crippen LogP contribution >= 0.6 is 0 Å². The molecule has 0 spiro atoms. The molecule has 3 aliphatic carbocycles. The zero-order chi connectivity index (χ0) is 35.4. The number of aryl methyl sites for hydroxylation is 1. The van der Waals surface area contributed by atoms with E-state index in [-0.39, 0.29) is 45.1 Å². The van der Waals surface area contributed by atoms with Gasteiger partial charge in [0, 0.05) is 40.9 Å². The van der Waals surface area contributed by atoms with Gasteiger partial charge in [0.1, 0.15) is 17.2 Å². The third-order valence-electron chi connectivity index (χ3n) is 10.4. The molecule has 3 aliphatic rings. The predicted molar refractivity (Wildman–Crippen MR) is 191 cm³/mol. The lowest BCUT2D eigenvalue weighted by molar-refractivity contribution is -0.148. The molecule has 9 rings (SSSR count). The van der Waals surface area contributed by atoms with Crippen molar-refractivity contribution in [2.45, 2.75) is 43.5 Å². The molecule has 2 atom stereocenters. The minimum atomic E-state index is -4.34. The second-order valence-corrected chi connectivity index (χ2v) is 15.4. The van der Waals surface area contributed by atoms with E-state index in [4.69, 9.17) is 9.97 Å². The smallest absolute Gasteiger partial charge is 0.308 e. The quantitative estimate of drug-likeness (QED) is 0.163. The van der Waals surface area contributed by atoms with E-state index >= 15 is 4.39 Å². The number of fused-ring (bicyclic) bond motifs is 4. The van der Waals surface area contributed by atoms with Gasteiger partial charge in [-0.1, -0.05) is 72.3 Å². The highest BCUT2D eigenvalue weighted by atomic mass is 32.2. The van der Waals surface area contributed by atoms with E-state index in [2.05, 4.69) is 5.32 Å². The second-order valence-electron chi connectivity index (χ2n) is 13.6. The van der Waals surface area contributed by atoms with Gasteiger partial charge in [0.25, 0.3) is 10.0 Å². The number of hydrogen-bond donors (Lipinski definition) is 2. The van der Waals surface area contributed by atoms with Crippen LogP contribution in [-0.2, 0) is 14.8 Å². The Balaban J connectivity index is 1.30. The summed E-state index contributed by atoms with van der Waals surface area (Å²) < 4.78 is 59.3. The maximum atomic E-state index is 15.6. The van der Waals surface area contributed by atoms with Gasteiger partial charge >= 0.3 is 5.97 Å². The van der Waals surface area contributed by atoms with Gasteiger partial charge in [0.15, 0.2) is 11.6 Å². The normalized spacial score (nSPS) is 20.1. The van der Waals surface area contributed by atoms with Crippen molar-refractivity contribution < 1.29 is 27.1 Å². The van der Waals surface area contributed by atoms with E-state index in [0.717, 1.165) is 58.0 Å². The first-order valence-electron chi connectivity index (χ1n) is 16.9. The largest absolute Gasteiger partial charge is 0.481 e. The minimum absolute atomic E-state index is 0.0224. The van der Waals surface area contributed by atoms with Crippen LogP contribution < -0.4 is 5.32 Å². The maximum Gasteiger partial charge on any atom is 0.308 e. The fourth-order valence-electron chi connectivity index (χ4n) is 7.88. The van der Waals surface area contributed by atoms with E-state index in [1.807, 2.05) is 61.5 Å². The predicted octanol–water partition coefficient (Wildman–Crippen LogP) is 8.56. The number of aromatic nitrogens is 3. The van der Waals surface area contributed by atoms with E-state index in [1.54, 1.807) is 18.2 Å². The summed E-state index contributed by atoms with van der Waals surface area (Å²) in [5.74, 6) is -2.86. The van der Waals surface area contributed by atoms with Crippen LogP contribution in [-0.4, -0.2) is 39.5 Å². The summed E-state index contributed by atoms with van der Waals surface area (Å²) in [4.78, 5) is 22.1. The number of nitrogens with one attached hydrogen (secondary N) is 1. The molecule has 258 valence electrons. The monoisotopic (exact) mass is 704 g/mol. The highest BCUT2D eigenvalue weighted by molar-refractivity contribution is 7.90. The fraction of sp³-hybridized carbons (Fsp3) is 0.225. The van der Waals surface area contributed by atoms with Crippen molar-refractivity contribution in [3.05, 3.63) is 120 Å². The van der Waals surface area contributed by atoms with Gasteiger partial charge in [-0.3, -0.25) is 4.79 Å². The molecule has 3 saturated carbocycles. The molecule has 0 aliphatic heterocycles. The van der Waals surface area contributed by atoms with Crippen LogP contribution in [0.15, 0.2) is 108 Å². The van der Waals surface area contributed by atoms with Gasteiger partial charge in [0.05, 0.1) is 16.5 Å². The summed E-state index contributed by atoms with van der Waals surface area (Å²) in [6.45, 7) is 1.82. The zero-order valence-corrected chi connectivity index (χ0v) is 28.4. The van der Waals surface area contributed by atoms with Crippen molar-refractivity contribution >= 4 is 32.7 Å². The van der Waals surface area contributed by atoms with Gasteiger partial charge in [-0.25, -0.2) is 31.1 Å². The van der Waals surface area contributed by atoms with Gasteiger partial charge in [0.2, 0.25) is 0 Å². The van der Waals surface area contributed by atoms with Crippen molar-refractivity contribution in [2.75, 3.05) is 5.32 Å². The number of anilines is 1. The van der Waals surface area contributed by atoms with Crippen molar-refractivity contribution in [3.8, 4) is 33.8 Å². The molecular formula is C40H34F2N4O4S. The molecule has 0 amide bonds. The van der Waals surface area contributed by atoms with Crippen molar-refractivity contribution in [1.82, 2.24) is 13.9 Å². The number of rotatable bonds is 8. The van der Waals surface area contributed by atoms with Crippen molar-refractivity contribution in [2.24, 2.45) is 17.8 Å². The number of halogens is 2. The topological polar surface area (TPSA) is 114 Å². The highest BCUT2D eigenvalue weighted by Gasteiger charge is 2.47. The fourth-order valence-corrected chi connectivity index (χ4v) is 9.25. The second kappa shape index (κ2) is 12.7. The average Bonchev–Trinajstić information content (AvgIpc) is 3.53. The number of aliphatic carboxylic acids is 1. The molecule has 6 aromatic rings. The first-order valence-corrected chi connectivity index (χ1v) is 18.4. The number of carboxylic acid groups (broad SMARTS) is 1. The Bertz CT molecular complexity index is 2390. The van der Waals surface area contributed by atoms with Crippen molar-refractivity contribution in [3.63, 3.8) is 0 Å². The van der Waals surface area contributed by atoms with Crippen LogP contribution in [0.1, 0.15) is 31.2 Å². The lowest BCUT2D eigenvalue weighted by Crippen LogP contribution is -2.51. The van der Waals surface area contributed by atoms with E-state index in [9.17, 15) is 22.7 Å². The molecule has 0 radical (unpaired) electrons. The Morgan fingerprint density at radius 2 is 1.47 bits per heavy atom. The number of benzene rings is 4. The molecule has 2 N–H and O–H groups in total. The molecular weight excluding hydrogens is 671 g/mol. The molecule has 51 heavy (non-hydrogen) atoms. The Kier molecular flexibility index (Phi) is 8.17. The molecule has 8 nitrogen and oxygen atoms in total. The molecule has 2 bridgehead atoms. The summed E-state index contributed by atoms with van der Waals surface area (Å²) in [5, 5.41) is 13.7. The van der Waals surface area contributed by atoms with E-state index < -0.39 is 33.5 Å². The van der Waals surface area contributed by atoms with E-state index in [0.29, 0.717) is 17.6 Å². The molecule has 2 aromatic heterocycles. The number of nitrogens with zero attached hydrogens (tertiary/aromatic N) is 3. The third kappa shape index (κ3) is 5.95. The van der Waals surface area contributed by atoms with Crippen LogP contribution in [0.25, 0.3) is 44.7 Å². The molecule has 0 saturated heterocycles. The van der Waals surface area contributed by atoms with Crippen LogP contribution in [0.2, 0.25) is 0 Å². The Morgan fingerprint density at radius 3 is 2.16 bits per heavy atom. The van der Waals surface area contributed by atoms with Gasteiger partial charge < -0.3 is 10.4 Å². The minimum Gasteiger partial charge on any atom is -0.481 e. The van der Waals surface area contributed by atoms with Crippen LogP contribution in [0.3, 0.4) is 0 Å². The van der Waals surface area contributed by atoms with Crippen molar-refractivity contribution in [1.29, 1.82) is 0 Å². The van der Waals surface area contributed by atoms with Crippen LogP contribution in [0, 0.1) is 36.3 Å². The highest BCUT2D eigenvalue weighted by Crippen LogP contribution is 2.46. The summed E-state index contributed by atoms with van der Waals surface area (Å²) in [5.41, 5.74) is 3.82. The first-order chi connectivity index (χ1) is 24.6. The number of hydrogen-bond acceptors (Lipinski definition) is 6. The standard InChI is InChI=1S/C40H34F2N4O4S/c1-23-7-17-30(18-8-23)51(49,50)46-22-32(31-19-29(41)20-33(42)38(31)46)39-43-34(26-11-9-25(10-12-26)24-5-3-2-4-6-24)21-35(45-39)44-37-28-15-13-27(14-16-28)36(37)40(47)48/h2-12,17-22,27-28,36-37H,13-16H2,1H3,(H,47,48)(H,43,44,45). The van der Waals surface area contributed by atoms with Crippen LogP contribution in [0.5, 0.6) is 0 Å². The third-order valence-corrected chi connectivity index (χ3v) is 12.1. The molecule has 11 heteroatoms. The van der Waals surface area contributed by atoms with Gasteiger partial charge in [-0.2, -0.15) is 0 Å². The summed E-state index contributed by atoms with van der Waals surface area (Å²) in [6.07, 6.45) is 4.76. The molecule has 2 unspecified atom stereocenters. The summed E-state index contributed by atoms with van der Waals surface area (Å²) >= 11 is 0. The van der Waals surface area contributed by atoms with Gasteiger partial charge in [-0.05, 0) is 73.8 Å². The maximum absolute atomic E-state index is 15.6. The number of carbonyl (C=O) groups is 1. The number of carboxylic acids is 1. The lowest BCUT2D eigenvalue weighted by atomic mass is 9.61. The molecule has 3 fully saturated rings. The van der Waals surface area contributed by atoms with Gasteiger partial charge in [-0.15, -0.1) is 0 Å². The SMILES string of the molecule is Cc1ccc(S(=O)(=O)n2cc(-c3nc(NC4C5CCC(CC5)C4C(=O)O)cc(-c4ccc(-c5ccccc5)cc4)n3)c3cc(F)cc(F)c32)cc1. The Hall–Kier alpha value is -5.42. The van der Waals surface area contributed by atoms with E-state index in [1.165, 1.54) is 18.3 Å². The van der Waals surface area contributed by atoms with Crippen LogP contribution in [0.4, 0.5) is 14.6 Å². The summed E-state index contributed by atoms with van der Waals surface area (Å²) in [6, 6.07) is 26.9. The average molecular weight is 705 g/mol. The Morgan fingerprint density at radius 1 is 0.824 bits per heavy atom. The molecule has 2 heterocycles. The zero-order valence-electron chi connectivity index (χ0n) is 27.6. The summed E-state index contributed by atoms with van der Waals surface area (Å²) in [7, 11) is -4.34. The lowest BCUT2D eigenvalue weighted by Gasteiger charge is -2.47.